The lowest BCUT2D eigenvalue weighted by molar-refractivity contribution is 0.217. The maximum Gasteiger partial charge on any atom is 0.123 e. The summed E-state index contributed by atoms with van der Waals surface area (Å²) in [5, 5.41) is 13.2. The summed E-state index contributed by atoms with van der Waals surface area (Å²) in [5.41, 5.74) is 0. The van der Waals surface area contributed by atoms with Gasteiger partial charge in [0.2, 0.25) is 0 Å². The summed E-state index contributed by atoms with van der Waals surface area (Å²) in [5.74, 6) is 0. The molecule has 0 saturated carbocycles. The van der Waals surface area contributed by atoms with Gasteiger partial charge in [-0.2, -0.15) is 0 Å². The van der Waals surface area contributed by atoms with Gasteiger partial charge in [-0.15, -0.1) is 12.4 Å². The Morgan fingerprint density at radius 2 is 1.40 bits per heavy atom. The third-order valence-electron chi connectivity index (χ3n) is 0.458. The number of halogens is 3. The minimum Gasteiger partial charge on any atom is -0.367 e. The number of ether oxygens (including phenoxy) is 1. The van der Waals surface area contributed by atoms with E-state index in [0.717, 1.165) is 0 Å². The van der Waals surface area contributed by atoms with Gasteiger partial charge >= 0.3 is 0 Å². The predicted octanol–water partition coefficient (Wildman–Crippen LogP) is 1.86. The first kappa shape index (κ1) is 12.8. The summed E-state index contributed by atoms with van der Waals surface area (Å²) in [7, 11) is 0. The number of hydrogen-bond acceptors (Lipinski definition) is 3. The first-order valence-electron chi connectivity index (χ1n) is 2.16. The molecule has 0 aromatic carbocycles. The van der Waals surface area contributed by atoms with Gasteiger partial charge in [0.1, 0.15) is 10.3 Å². The van der Waals surface area contributed by atoms with E-state index in [0.29, 0.717) is 0 Å². The molecular formula is C4H7Cl3N2O. The van der Waals surface area contributed by atoms with E-state index >= 15 is 0 Å². The molecule has 3 nitrogen and oxygen atoms in total. The van der Waals surface area contributed by atoms with Crippen LogP contribution >= 0.6 is 35.6 Å². The number of nitrogens with one attached hydrogen (secondary N) is 2. The summed E-state index contributed by atoms with van der Waals surface area (Å²) in [6.07, 6.45) is 0. The summed E-state index contributed by atoms with van der Waals surface area (Å²) in [6, 6.07) is 0. The highest BCUT2D eigenvalue weighted by atomic mass is 35.5. The van der Waals surface area contributed by atoms with E-state index < -0.39 is 0 Å². The van der Waals surface area contributed by atoms with Crippen LogP contribution in [-0.2, 0) is 4.74 Å². The molecule has 0 spiro atoms. The molecule has 0 rings (SSSR count). The molecule has 0 bridgehead atoms. The fourth-order valence-electron chi connectivity index (χ4n) is 0.230. The van der Waals surface area contributed by atoms with E-state index in [1.807, 2.05) is 0 Å². The van der Waals surface area contributed by atoms with Crippen LogP contribution in [0.25, 0.3) is 0 Å². The van der Waals surface area contributed by atoms with Crippen LogP contribution in [0.2, 0.25) is 0 Å². The van der Waals surface area contributed by atoms with Gasteiger partial charge in [0.25, 0.3) is 0 Å². The highest BCUT2D eigenvalue weighted by Gasteiger charge is 1.92. The quantitative estimate of drug-likeness (QED) is 0.676. The summed E-state index contributed by atoms with van der Waals surface area (Å²) < 4.78 is 4.64. The Balaban J connectivity index is 0. The zero-order valence-electron chi connectivity index (χ0n) is 4.99. The van der Waals surface area contributed by atoms with Gasteiger partial charge in [-0.1, -0.05) is 23.2 Å². The molecule has 6 heteroatoms. The Bertz CT molecular complexity index is 114. The molecule has 0 unspecified atom stereocenters. The van der Waals surface area contributed by atoms with Gasteiger partial charge in [-0.25, -0.2) is 0 Å². The van der Waals surface area contributed by atoms with Crippen LogP contribution in [0.4, 0.5) is 0 Å². The smallest absolute Gasteiger partial charge is 0.123 e. The lowest BCUT2D eigenvalue weighted by Gasteiger charge is -1.96. The molecule has 0 atom stereocenters. The van der Waals surface area contributed by atoms with Crippen LogP contribution in [0.1, 0.15) is 0 Å². The normalized spacial score (nSPS) is 8.20. The van der Waals surface area contributed by atoms with E-state index in [4.69, 9.17) is 34.0 Å². The molecule has 0 aromatic heterocycles. The average molecular weight is 205 g/mol. The molecule has 0 aliphatic carbocycles. The van der Waals surface area contributed by atoms with Gasteiger partial charge in [0, 0.05) is 0 Å². The lowest BCUT2D eigenvalue weighted by atomic mass is 10.7. The van der Waals surface area contributed by atoms with Crippen molar-refractivity contribution in [2.75, 3.05) is 13.2 Å². The molecule has 0 amide bonds. The van der Waals surface area contributed by atoms with Crippen LogP contribution in [0, 0.1) is 10.8 Å². The van der Waals surface area contributed by atoms with Crippen LogP contribution in [0.15, 0.2) is 0 Å². The zero-order valence-corrected chi connectivity index (χ0v) is 7.31. The van der Waals surface area contributed by atoms with Gasteiger partial charge in [-0.05, 0) is 0 Å². The molecule has 0 aliphatic rings. The highest BCUT2D eigenvalue weighted by Crippen LogP contribution is 1.86. The largest absolute Gasteiger partial charge is 0.367 e. The Morgan fingerprint density at radius 1 is 1.10 bits per heavy atom. The fraction of sp³-hybridized carbons (Fsp3) is 0.500. The van der Waals surface area contributed by atoms with E-state index in [-0.39, 0.29) is 36.0 Å². The first-order chi connectivity index (χ1) is 4.13. The van der Waals surface area contributed by atoms with Gasteiger partial charge in [-0.3, -0.25) is 10.8 Å². The van der Waals surface area contributed by atoms with E-state index in [2.05, 4.69) is 4.74 Å². The summed E-state index contributed by atoms with van der Waals surface area (Å²) >= 11 is 10.2. The molecule has 0 fully saturated rings. The summed E-state index contributed by atoms with van der Waals surface area (Å²) in [6.45, 7) is 0.0489. The SMILES string of the molecule is Cl.N=C(Cl)COCC(=N)Cl. The van der Waals surface area contributed by atoms with Crippen molar-refractivity contribution in [3.63, 3.8) is 0 Å². The van der Waals surface area contributed by atoms with Crippen molar-refractivity contribution < 1.29 is 4.74 Å². The van der Waals surface area contributed by atoms with E-state index in [1.54, 1.807) is 0 Å². The second-order valence-corrected chi connectivity index (χ2v) is 2.22. The molecule has 2 N–H and O–H groups in total. The van der Waals surface area contributed by atoms with Crippen molar-refractivity contribution in [3.8, 4) is 0 Å². The minimum absolute atomic E-state index is 0. The second-order valence-electron chi connectivity index (χ2n) is 1.30. The molecule has 0 saturated heterocycles. The monoisotopic (exact) mass is 204 g/mol. The number of rotatable bonds is 4. The van der Waals surface area contributed by atoms with Crippen molar-refractivity contribution in [1.82, 2.24) is 0 Å². The Kier molecular flexibility index (Phi) is 9.33. The van der Waals surface area contributed by atoms with Crippen molar-refractivity contribution in [2.24, 2.45) is 0 Å². The Labute approximate surface area is 75.1 Å². The molecule has 0 aliphatic heterocycles. The van der Waals surface area contributed by atoms with Crippen molar-refractivity contribution >= 4 is 46.0 Å². The second kappa shape index (κ2) is 7.28. The molecule has 0 heterocycles. The molecule has 10 heavy (non-hydrogen) atoms. The van der Waals surface area contributed by atoms with Crippen LogP contribution < -0.4 is 0 Å². The maximum absolute atomic E-state index is 6.67. The standard InChI is InChI=1S/C4H6Cl2N2O.ClH/c5-3(7)1-9-2-4(6)8;/h7-8H,1-2H2;1H. The molecule has 0 radical (unpaired) electrons. The highest BCUT2D eigenvalue weighted by molar-refractivity contribution is 6.65. The van der Waals surface area contributed by atoms with E-state index in [1.165, 1.54) is 0 Å². The Morgan fingerprint density at radius 3 is 1.60 bits per heavy atom. The topological polar surface area (TPSA) is 56.9 Å². The first-order valence-corrected chi connectivity index (χ1v) is 2.92. The van der Waals surface area contributed by atoms with Crippen LogP contribution in [0.5, 0.6) is 0 Å². The van der Waals surface area contributed by atoms with Crippen molar-refractivity contribution in [1.29, 1.82) is 10.8 Å². The lowest BCUT2D eigenvalue weighted by Crippen LogP contribution is -2.06. The third kappa shape index (κ3) is 11.0. The van der Waals surface area contributed by atoms with Gasteiger partial charge < -0.3 is 4.74 Å². The molecule has 60 valence electrons. The Hall–Kier alpha value is 0.170. The average Bonchev–Trinajstić information content (AvgIpc) is 1.63. The fourth-order valence-corrected chi connectivity index (χ4v) is 0.385. The maximum atomic E-state index is 6.67. The number of hydrogen-bond donors (Lipinski definition) is 2. The van der Waals surface area contributed by atoms with E-state index in [9.17, 15) is 0 Å². The minimum atomic E-state index is -0.0899. The predicted molar refractivity (Wildman–Crippen MR) is 45.2 cm³/mol. The van der Waals surface area contributed by atoms with Gasteiger partial charge in [0.05, 0.1) is 13.2 Å². The molecular weight excluding hydrogens is 198 g/mol. The zero-order chi connectivity index (χ0) is 7.28. The van der Waals surface area contributed by atoms with Crippen molar-refractivity contribution in [2.45, 2.75) is 0 Å². The molecule has 0 aromatic rings. The summed E-state index contributed by atoms with van der Waals surface area (Å²) in [4.78, 5) is 0. The van der Waals surface area contributed by atoms with Gasteiger partial charge in [0.15, 0.2) is 0 Å². The van der Waals surface area contributed by atoms with Crippen molar-refractivity contribution in [3.05, 3.63) is 0 Å². The third-order valence-corrected chi connectivity index (χ3v) is 0.676. The van der Waals surface area contributed by atoms with Crippen LogP contribution in [0.3, 0.4) is 0 Å². The van der Waals surface area contributed by atoms with Crippen LogP contribution in [-0.4, -0.2) is 23.6 Å².